The molecule has 2 aromatic rings. The largest absolute Gasteiger partial charge is 0.506 e. The third-order valence-electron chi connectivity index (χ3n) is 3.12. The Hall–Kier alpha value is -2.29. The summed E-state index contributed by atoms with van der Waals surface area (Å²) in [6.45, 7) is 6.12. The highest BCUT2D eigenvalue weighted by atomic mass is 16.3. The van der Waals surface area contributed by atoms with Crippen molar-refractivity contribution in [2.45, 2.75) is 26.2 Å². The van der Waals surface area contributed by atoms with Crippen LogP contribution in [0.1, 0.15) is 36.7 Å². The van der Waals surface area contributed by atoms with E-state index in [1.54, 1.807) is 24.3 Å². The molecule has 3 nitrogen and oxygen atoms in total. The fraction of sp³-hybridized carbons (Fsp3) is 0.235. The van der Waals surface area contributed by atoms with Crippen molar-refractivity contribution < 1.29 is 9.90 Å². The Bertz CT molecular complexity index is 613. The summed E-state index contributed by atoms with van der Waals surface area (Å²) in [6, 6.07) is 14.2. The molecule has 0 aliphatic rings. The van der Waals surface area contributed by atoms with Gasteiger partial charge in [0, 0.05) is 5.56 Å². The van der Waals surface area contributed by atoms with E-state index >= 15 is 0 Å². The maximum atomic E-state index is 12.2. The van der Waals surface area contributed by atoms with Crippen LogP contribution in [0.4, 0.5) is 5.69 Å². The fourth-order valence-electron chi connectivity index (χ4n) is 2.07. The molecule has 0 spiro atoms. The molecule has 0 saturated heterocycles. The number of para-hydroxylation sites is 1. The monoisotopic (exact) mass is 269 g/mol. The van der Waals surface area contributed by atoms with Crippen molar-refractivity contribution in [1.82, 2.24) is 0 Å². The van der Waals surface area contributed by atoms with Gasteiger partial charge in [0.2, 0.25) is 0 Å². The van der Waals surface area contributed by atoms with Gasteiger partial charge in [0.15, 0.2) is 0 Å². The standard InChI is InChI=1S/C17H19NO2/c1-17(2,3)13-10-7-11-14(19)15(13)18-16(20)12-8-5-4-6-9-12/h4-11,19H,1-3H3,(H,18,20). The van der Waals surface area contributed by atoms with Gasteiger partial charge >= 0.3 is 0 Å². The van der Waals surface area contributed by atoms with E-state index in [1.807, 2.05) is 45.0 Å². The number of phenols is 1. The second-order valence-electron chi connectivity index (χ2n) is 5.77. The van der Waals surface area contributed by atoms with Gasteiger partial charge in [-0.15, -0.1) is 0 Å². The van der Waals surface area contributed by atoms with E-state index in [9.17, 15) is 9.90 Å². The van der Waals surface area contributed by atoms with E-state index in [0.29, 0.717) is 11.3 Å². The van der Waals surface area contributed by atoms with Crippen LogP contribution >= 0.6 is 0 Å². The van der Waals surface area contributed by atoms with Crippen LogP contribution in [0.5, 0.6) is 5.75 Å². The zero-order chi connectivity index (χ0) is 14.8. The van der Waals surface area contributed by atoms with E-state index in [-0.39, 0.29) is 17.1 Å². The molecule has 3 heteroatoms. The summed E-state index contributed by atoms with van der Waals surface area (Å²) in [4.78, 5) is 12.2. The summed E-state index contributed by atoms with van der Waals surface area (Å²) in [7, 11) is 0. The molecule has 0 aromatic heterocycles. The minimum Gasteiger partial charge on any atom is -0.506 e. The highest BCUT2D eigenvalue weighted by Gasteiger charge is 2.21. The number of rotatable bonds is 2. The molecule has 0 fully saturated rings. The summed E-state index contributed by atoms with van der Waals surface area (Å²) in [5, 5.41) is 12.8. The molecule has 2 aromatic carbocycles. The van der Waals surface area contributed by atoms with Crippen LogP contribution in [0.3, 0.4) is 0 Å². The lowest BCUT2D eigenvalue weighted by Gasteiger charge is -2.23. The third-order valence-corrected chi connectivity index (χ3v) is 3.12. The second-order valence-corrected chi connectivity index (χ2v) is 5.77. The van der Waals surface area contributed by atoms with Crippen molar-refractivity contribution in [2.75, 3.05) is 5.32 Å². The normalized spacial score (nSPS) is 11.2. The molecule has 1 amide bonds. The van der Waals surface area contributed by atoms with Crippen LogP contribution < -0.4 is 5.32 Å². The third kappa shape index (κ3) is 2.99. The summed E-state index contributed by atoms with van der Waals surface area (Å²) in [5.41, 5.74) is 1.78. The number of carbonyl (C=O) groups is 1. The van der Waals surface area contributed by atoms with Crippen LogP contribution in [0.25, 0.3) is 0 Å². The predicted molar refractivity (Wildman–Crippen MR) is 81.2 cm³/mol. The number of hydrogen-bond acceptors (Lipinski definition) is 2. The summed E-state index contributed by atoms with van der Waals surface area (Å²) in [5.74, 6) is -0.140. The molecular weight excluding hydrogens is 250 g/mol. The van der Waals surface area contributed by atoms with Gasteiger partial charge < -0.3 is 10.4 Å². The average molecular weight is 269 g/mol. The molecule has 20 heavy (non-hydrogen) atoms. The first-order chi connectivity index (χ1) is 9.39. The van der Waals surface area contributed by atoms with E-state index in [2.05, 4.69) is 5.32 Å². The number of carbonyl (C=O) groups excluding carboxylic acids is 1. The lowest BCUT2D eigenvalue weighted by molar-refractivity contribution is 0.102. The fourth-order valence-corrected chi connectivity index (χ4v) is 2.07. The van der Waals surface area contributed by atoms with Gasteiger partial charge in [-0.3, -0.25) is 4.79 Å². The number of anilines is 1. The molecule has 0 saturated carbocycles. The molecular formula is C17H19NO2. The minimum absolute atomic E-state index is 0.0849. The van der Waals surface area contributed by atoms with Crippen molar-refractivity contribution >= 4 is 11.6 Å². The Morgan fingerprint density at radius 2 is 1.65 bits per heavy atom. The summed E-state index contributed by atoms with van der Waals surface area (Å²) >= 11 is 0. The zero-order valence-corrected chi connectivity index (χ0v) is 12.0. The van der Waals surface area contributed by atoms with Crippen molar-refractivity contribution in [1.29, 1.82) is 0 Å². The number of amides is 1. The predicted octanol–water partition coefficient (Wildman–Crippen LogP) is 3.94. The van der Waals surface area contributed by atoms with E-state index in [4.69, 9.17) is 0 Å². The molecule has 104 valence electrons. The Morgan fingerprint density at radius 1 is 1.00 bits per heavy atom. The van der Waals surface area contributed by atoms with Crippen molar-refractivity contribution in [3.05, 3.63) is 59.7 Å². The van der Waals surface area contributed by atoms with Crippen LogP contribution in [0, 0.1) is 0 Å². The van der Waals surface area contributed by atoms with E-state index in [1.165, 1.54) is 0 Å². The first-order valence-electron chi connectivity index (χ1n) is 6.58. The smallest absolute Gasteiger partial charge is 0.255 e. The molecule has 0 bridgehead atoms. The van der Waals surface area contributed by atoms with Gasteiger partial charge in [-0.25, -0.2) is 0 Å². The van der Waals surface area contributed by atoms with Gasteiger partial charge in [0.05, 0.1) is 5.69 Å². The van der Waals surface area contributed by atoms with E-state index in [0.717, 1.165) is 5.56 Å². The quantitative estimate of drug-likeness (QED) is 0.811. The van der Waals surface area contributed by atoms with Gasteiger partial charge in [-0.05, 0) is 29.2 Å². The van der Waals surface area contributed by atoms with Gasteiger partial charge in [-0.2, -0.15) is 0 Å². The lowest BCUT2D eigenvalue weighted by Crippen LogP contribution is -2.18. The number of hydrogen-bond donors (Lipinski definition) is 2. The number of phenolic OH excluding ortho intramolecular Hbond substituents is 1. The lowest BCUT2D eigenvalue weighted by atomic mass is 9.85. The average Bonchev–Trinajstić information content (AvgIpc) is 2.40. The highest BCUT2D eigenvalue weighted by molar-refractivity contribution is 6.05. The molecule has 0 radical (unpaired) electrons. The van der Waals surface area contributed by atoms with Crippen molar-refractivity contribution in [3.8, 4) is 5.75 Å². The first-order valence-corrected chi connectivity index (χ1v) is 6.58. The maximum Gasteiger partial charge on any atom is 0.255 e. The zero-order valence-electron chi connectivity index (χ0n) is 12.0. The Morgan fingerprint density at radius 3 is 2.25 bits per heavy atom. The highest BCUT2D eigenvalue weighted by Crippen LogP contribution is 2.35. The topological polar surface area (TPSA) is 49.3 Å². The number of aromatic hydroxyl groups is 1. The molecule has 0 unspecified atom stereocenters. The first kappa shape index (κ1) is 14.1. The van der Waals surface area contributed by atoms with Crippen LogP contribution in [0.15, 0.2) is 48.5 Å². The Labute approximate surface area is 119 Å². The van der Waals surface area contributed by atoms with Crippen LogP contribution in [-0.4, -0.2) is 11.0 Å². The Balaban J connectivity index is 2.37. The van der Waals surface area contributed by atoms with Gasteiger partial charge in [0.1, 0.15) is 5.75 Å². The van der Waals surface area contributed by atoms with Gasteiger partial charge in [0.25, 0.3) is 5.91 Å². The number of benzene rings is 2. The second kappa shape index (κ2) is 5.37. The molecule has 2 rings (SSSR count). The molecule has 2 N–H and O–H groups in total. The molecule has 0 atom stereocenters. The SMILES string of the molecule is CC(C)(C)c1cccc(O)c1NC(=O)c1ccccc1. The Kier molecular flexibility index (Phi) is 3.79. The minimum atomic E-state index is -0.224. The van der Waals surface area contributed by atoms with Crippen LogP contribution in [0.2, 0.25) is 0 Å². The van der Waals surface area contributed by atoms with Crippen molar-refractivity contribution in [2.24, 2.45) is 0 Å². The summed E-state index contributed by atoms with van der Waals surface area (Å²) < 4.78 is 0. The molecule has 0 aliphatic heterocycles. The van der Waals surface area contributed by atoms with Crippen molar-refractivity contribution in [3.63, 3.8) is 0 Å². The number of nitrogens with one attached hydrogen (secondary N) is 1. The van der Waals surface area contributed by atoms with E-state index < -0.39 is 0 Å². The summed E-state index contributed by atoms with van der Waals surface area (Å²) in [6.07, 6.45) is 0. The maximum absolute atomic E-state index is 12.2. The van der Waals surface area contributed by atoms with Crippen LogP contribution in [-0.2, 0) is 5.41 Å². The van der Waals surface area contributed by atoms with Gasteiger partial charge in [-0.1, -0.05) is 51.1 Å². The molecule has 0 aliphatic carbocycles. The molecule has 0 heterocycles.